The van der Waals surface area contributed by atoms with Crippen LogP contribution in [0.15, 0.2) is 30.6 Å². The second-order valence-electron chi connectivity index (χ2n) is 4.73. The molecule has 0 radical (unpaired) electrons. The lowest BCUT2D eigenvalue weighted by molar-refractivity contribution is -0.117. The van der Waals surface area contributed by atoms with E-state index < -0.39 is 6.04 Å². The van der Waals surface area contributed by atoms with Gasteiger partial charge in [0.25, 0.3) is 0 Å². The predicted molar refractivity (Wildman–Crippen MR) is 78.0 cm³/mol. The Balaban J connectivity index is 2.15. The second-order valence-corrected chi connectivity index (χ2v) is 4.73. The van der Waals surface area contributed by atoms with E-state index in [9.17, 15) is 4.79 Å². The van der Waals surface area contributed by atoms with E-state index in [4.69, 9.17) is 5.73 Å². The zero-order chi connectivity index (χ0) is 14.5. The van der Waals surface area contributed by atoms with Gasteiger partial charge in [-0.15, -0.1) is 10.2 Å². The summed E-state index contributed by atoms with van der Waals surface area (Å²) in [6.07, 6.45) is 3.19. The molecule has 0 aliphatic rings. The third-order valence-electron chi connectivity index (χ3n) is 3.04. The molecule has 20 heavy (non-hydrogen) atoms. The fraction of sp³-hybridized carbons (Fsp3) is 0.357. The van der Waals surface area contributed by atoms with Crippen LogP contribution >= 0.6 is 0 Å². The fourth-order valence-corrected chi connectivity index (χ4v) is 1.96. The summed E-state index contributed by atoms with van der Waals surface area (Å²) in [5.41, 5.74) is 7.40. The summed E-state index contributed by atoms with van der Waals surface area (Å²) in [6.45, 7) is 2.00. The van der Waals surface area contributed by atoms with Crippen LogP contribution in [0.1, 0.15) is 19.8 Å². The lowest BCUT2D eigenvalue weighted by Crippen LogP contribution is -2.35. The van der Waals surface area contributed by atoms with Gasteiger partial charge in [0.05, 0.1) is 6.04 Å². The number of nitrogens with two attached hydrogens (primary N) is 1. The zero-order valence-electron chi connectivity index (χ0n) is 11.7. The molecule has 6 heteroatoms. The molecule has 106 valence electrons. The van der Waals surface area contributed by atoms with Crippen molar-refractivity contribution < 1.29 is 4.79 Å². The Hall–Kier alpha value is -2.21. The number of anilines is 1. The highest BCUT2D eigenvalue weighted by Gasteiger charge is 2.13. The summed E-state index contributed by atoms with van der Waals surface area (Å²) in [7, 11) is 1.87. The van der Waals surface area contributed by atoms with E-state index in [1.165, 1.54) is 0 Å². The van der Waals surface area contributed by atoms with Crippen LogP contribution in [-0.2, 0) is 11.8 Å². The highest BCUT2D eigenvalue weighted by molar-refractivity contribution is 5.95. The molecule has 2 aromatic rings. The zero-order valence-corrected chi connectivity index (χ0v) is 11.7. The number of rotatable bonds is 5. The van der Waals surface area contributed by atoms with Crippen molar-refractivity contribution in [3.05, 3.63) is 30.6 Å². The number of benzene rings is 1. The van der Waals surface area contributed by atoms with E-state index in [0.717, 1.165) is 17.8 Å². The van der Waals surface area contributed by atoms with Crippen molar-refractivity contribution in [3.8, 4) is 11.4 Å². The molecular weight excluding hydrogens is 254 g/mol. The molecule has 6 nitrogen and oxygen atoms in total. The van der Waals surface area contributed by atoms with Crippen LogP contribution < -0.4 is 11.1 Å². The maximum atomic E-state index is 11.9. The Bertz CT molecular complexity index is 593. The van der Waals surface area contributed by atoms with Crippen molar-refractivity contribution in [2.75, 3.05) is 5.32 Å². The Morgan fingerprint density at radius 2 is 2.30 bits per heavy atom. The maximum Gasteiger partial charge on any atom is 0.241 e. The third kappa shape index (κ3) is 3.21. The van der Waals surface area contributed by atoms with Gasteiger partial charge in [0.1, 0.15) is 6.33 Å². The monoisotopic (exact) mass is 273 g/mol. The first-order valence-corrected chi connectivity index (χ1v) is 6.62. The Morgan fingerprint density at radius 1 is 1.50 bits per heavy atom. The summed E-state index contributed by atoms with van der Waals surface area (Å²) in [5, 5.41) is 10.7. The normalized spacial score (nSPS) is 12.2. The van der Waals surface area contributed by atoms with E-state index in [1.54, 1.807) is 6.33 Å². The molecule has 1 atom stereocenters. The topological polar surface area (TPSA) is 85.8 Å². The largest absolute Gasteiger partial charge is 0.325 e. The number of carbonyl (C=O) groups excluding carboxylic acids is 1. The molecule has 1 aromatic carbocycles. The number of nitrogens with zero attached hydrogens (tertiary/aromatic N) is 3. The summed E-state index contributed by atoms with van der Waals surface area (Å²) < 4.78 is 1.82. The van der Waals surface area contributed by atoms with Gasteiger partial charge in [-0.2, -0.15) is 0 Å². The summed E-state index contributed by atoms with van der Waals surface area (Å²) in [4.78, 5) is 11.9. The number of aromatic nitrogens is 3. The molecule has 1 heterocycles. The van der Waals surface area contributed by atoms with Crippen LogP contribution in [-0.4, -0.2) is 26.7 Å². The molecule has 0 unspecified atom stereocenters. The average molecular weight is 273 g/mol. The van der Waals surface area contributed by atoms with Gasteiger partial charge < -0.3 is 15.6 Å². The van der Waals surface area contributed by atoms with Crippen LogP contribution in [0, 0.1) is 0 Å². The van der Waals surface area contributed by atoms with Crippen molar-refractivity contribution in [3.63, 3.8) is 0 Å². The molecule has 0 saturated heterocycles. The van der Waals surface area contributed by atoms with Gasteiger partial charge in [0.2, 0.25) is 5.91 Å². The first-order valence-electron chi connectivity index (χ1n) is 6.62. The molecule has 0 bridgehead atoms. The van der Waals surface area contributed by atoms with Crippen LogP contribution in [0.5, 0.6) is 0 Å². The third-order valence-corrected chi connectivity index (χ3v) is 3.04. The van der Waals surface area contributed by atoms with Crippen LogP contribution in [0.4, 0.5) is 5.69 Å². The lowest BCUT2D eigenvalue weighted by atomic mass is 10.1. The van der Waals surface area contributed by atoms with E-state index in [0.29, 0.717) is 12.1 Å². The van der Waals surface area contributed by atoms with E-state index in [-0.39, 0.29) is 5.91 Å². The molecule has 0 aliphatic heterocycles. The summed E-state index contributed by atoms with van der Waals surface area (Å²) >= 11 is 0. The fourth-order valence-electron chi connectivity index (χ4n) is 1.96. The van der Waals surface area contributed by atoms with Gasteiger partial charge in [0.15, 0.2) is 5.82 Å². The van der Waals surface area contributed by atoms with E-state index >= 15 is 0 Å². The van der Waals surface area contributed by atoms with Gasteiger partial charge >= 0.3 is 0 Å². The molecule has 0 saturated carbocycles. The van der Waals surface area contributed by atoms with E-state index in [2.05, 4.69) is 15.5 Å². The Kier molecular flexibility index (Phi) is 4.47. The first-order chi connectivity index (χ1) is 9.61. The number of hydrogen-bond acceptors (Lipinski definition) is 4. The van der Waals surface area contributed by atoms with Crippen LogP contribution in [0.2, 0.25) is 0 Å². The van der Waals surface area contributed by atoms with Gasteiger partial charge in [-0.3, -0.25) is 4.79 Å². The van der Waals surface area contributed by atoms with Crippen molar-refractivity contribution >= 4 is 11.6 Å². The van der Waals surface area contributed by atoms with Gasteiger partial charge in [-0.05, 0) is 18.6 Å². The number of carbonyl (C=O) groups is 1. The highest BCUT2D eigenvalue weighted by Crippen LogP contribution is 2.20. The average Bonchev–Trinajstić information content (AvgIpc) is 2.85. The molecular formula is C14H19N5O. The smallest absolute Gasteiger partial charge is 0.241 e. The quantitative estimate of drug-likeness (QED) is 0.865. The number of nitrogens with one attached hydrogen (secondary N) is 1. The predicted octanol–water partition coefficient (Wildman–Crippen LogP) is 1.55. The molecule has 3 N–H and O–H groups in total. The lowest BCUT2D eigenvalue weighted by Gasteiger charge is -2.11. The van der Waals surface area contributed by atoms with Gasteiger partial charge in [-0.1, -0.05) is 25.5 Å². The molecule has 1 amide bonds. The molecule has 0 fully saturated rings. The summed E-state index contributed by atoms with van der Waals surface area (Å²) in [6, 6.07) is 7.01. The summed E-state index contributed by atoms with van der Waals surface area (Å²) in [5.74, 6) is 0.584. The van der Waals surface area contributed by atoms with Crippen LogP contribution in [0.3, 0.4) is 0 Å². The Labute approximate surface area is 118 Å². The second kappa shape index (κ2) is 6.29. The van der Waals surface area contributed by atoms with E-state index in [1.807, 2.05) is 42.8 Å². The van der Waals surface area contributed by atoms with Crippen molar-refractivity contribution in [2.24, 2.45) is 12.8 Å². The molecule has 2 rings (SSSR count). The molecule has 0 spiro atoms. The van der Waals surface area contributed by atoms with Crippen molar-refractivity contribution in [2.45, 2.75) is 25.8 Å². The van der Waals surface area contributed by atoms with Crippen LogP contribution in [0.25, 0.3) is 11.4 Å². The number of aryl methyl sites for hydroxylation is 1. The molecule has 1 aromatic heterocycles. The van der Waals surface area contributed by atoms with Crippen molar-refractivity contribution in [1.82, 2.24) is 14.8 Å². The standard InChI is InChI=1S/C14H19N5O/c1-3-5-12(15)14(20)17-11-7-4-6-10(8-11)13-18-16-9-19(13)2/h4,6-9,12H,3,5,15H2,1-2H3,(H,17,20)/t12-/m1/s1. The number of hydrogen-bond donors (Lipinski definition) is 2. The minimum absolute atomic E-state index is 0.165. The Morgan fingerprint density at radius 3 is 2.95 bits per heavy atom. The van der Waals surface area contributed by atoms with Gasteiger partial charge in [0, 0.05) is 18.3 Å². The van der Waals surface area contributed by atoms with Gasteiger partial charge in [-0.25, -0.2) is 0 Å². The SMILES string of the molecule is CCC[C@@H](N)C(=O)Nc1cccc(-c2nncn2C)c1. The number of amides is 1. The molecule has 0 aliphatic carbocycles. The van der Waals surface area contributed by atoms with Crippen molar-refractivity contribution in [1.29, 1.82) is 0 Å². The minimum Gasteiger partial charge on any atom is -0.325 e. The highest BCUT2D eigenvalue weighted by atomic mass is 16.2. The maximum absolute atomic E-state index is 11.9. The minimum atomic E-state index is -0.474. The first kappa shape index (κ1) is 14.2.